The van der Waals surface area contributed by atoms with Crippen LogP contribution in [0.25, 0.3) is 0 Å². The van der Waals surface area contributed by atoms with Crippen molar-refractivity contribution in [1.29, 1.82) is 0 Å². The van der Waals surface area contributed by atoms with E-state index in [1.165, 1.54) is 6.92 Å². The lowest BCUT2D eigenvalue weighted by Gasteiger charge is -2.17. The van der Waals surface area contributed by atoms with Gasteiger partial charge in [-0.05, 0) is 42.5 Å². The van der Waals surface area contributed by atoms with Crippen molar-refractivity contribution in [3.63, 3.8) is 0 Å². The minimum absolute atomic E-state index is 0.0655. The molecule has 1 aliphatic rings. The van der Waals surface area contributed by atoms with Crippen molar-refractivity contribution in [2.45, 2.75) is 13.3 Å². The SMILES string of the molecule is CC(=O)Nc1ccc(NC(=O)C2CC(=O)N(c3cccc(Br)c3)C2)cc1. The highest BCUT2D eigenvalue weighted by molar-refractivity contribution is 9.10. The standard InChI is InChI=1S/C19H18BrN3O3/c1-12(24)21-15-5-7-16(8-6-15)22-19(26)13-9-18(25)23(11-13)17-4-2-3-14(20)10-17/h2-8,10,13H,9,11H2,1H3,(H,21,24)(H,22,26). The van der Waals surface area contributed by atoms with Gasteiger partial charge in [-0.2, -0.15) is 0 Å². The summed E-state index contributed by atoms with van der Waals surface area (Å²) in [5.74, 6) is -0.817. The fourth-order valence-corrected chi connectivity index (χ4v) is 3.25. The predicted molar refractivity (Wildman–Crippen MR) is 104 cm³/mol. The second-order valence-corrected chi connectivity index (χ2v) is 7.05. The topological polar surface area (TPSA) is 78.5 Å². The molecule has 1 unspecified atom stereocenters. The number of hydrogen-bond donors (Lipinski definition) is 2. The molecule has 0 spiro atoms. The highest BCUT2D eigenvalue weighted by atomic mass is 79.9. The Labute approximate surface area is 159 Å². The second kappa shape index (κ2) is 7.70. The molecule has 26 heavy (non-hydrogen) atoms. The molecule has 0 radical (unpaired) electrons. The van der Waals surface area contributed by atoms with Gasteiger partial charge >= 0.3 is 0 Å². The molecule has 0 aliphatic carbocycles. The van der Waals surface area contributed by atoms with Crippen LogP contribution >= 0.6 is 15.9 Å². The molecule has 2 aromatic rings. The van der Waals surface area contributed by atoms with Crippen molar-refractivity contribution in [1.82, 2.24) is 0 Å². The Morgan fingerprint density at radius 1 is 1.08 bits per heavy atom. The predicted octanol–water partition coefficient (Wildman–Crippen LogP) is 3.40. The van der Waals surface area contributed by atoms with Crippen molar-refractivity contribution in [3.05, 3.63) is 53.0 Å². The zero-order valence-corrected chi connectivity index (χ0v) is 15.7. The van der Waals surface area contributed by atoms with Crippen LogP contribution in [-0.4, -0.2) is 24.3 Å². The van der Waals surface area contributed by atoms with Crippen molar-refractivity contribution < 1.29 is 14.4 Å². The Bertz CT molecular complexity index is 851. The van der Waals surface area contributed by atoms with Crippen LogP contribution in [0.1, 0.15) is 13.3 Å². The first-order chi connectivity index (χ1) is 12.4. The molecule has 0 saturated carbocycles. The third-order valence-corrected chi connectivity index (χ3v) is 4.58. The lowest BCUT2D eigenvalue weighted by atomic mass is 10.1. The molecule has 7 heteroatoms. The molecule has 0 bridgehead atoms. The highest BCUT2D eigenvalue weighted by Gasteiger charge is 2.35. The molecule has 1 saturated heterocycles. The summed E-state index contributed by atoms with van der Waals surface area (Å²) in [7, 11) is 0. The van der Waals surface area contributed by atoms with Crippen LogP contribution in [0, 0.1) is 5.92 Å². The Balaban J connectivity index is 1.64. The van der Waals surface area contributed by atoms with Crippen LogP contribution in [0.2, 0.25) is 0 Å². The van der Waals surface area contributed by atoms with Gasteiger partial charge in [0.05, 0.1) is 5.92 Å². The van der Waals surface area contributed by atoms with Gasteiger partial charge in [-0.15, -0.1) is 0 Å². The number of amides is 3. The van der Waals surface area contributed by atoms with Gasteiger partial charge in [0.25, 0.3) is 0 Å². The number of carbonyl (C=O) groups is 3. The average molecular weight is 416 g/mol. The van der Waals surface area contributed by atoms with Crippen molar-refractivity contribution in [2.75, 3.05) is 22.1 Å². The van der Waals surface area contributed by atoms with Crippen LogP contribution < -0.4 is 15.5 Å². The zero-order chi connectivity index (χ0) is 18.7. The van der Waals surface area contributed by atoms with Gasteiger partial charge in [0, 0.05) is 41.4 Å². The molecule has 3 rings (SSSR count). The van der Waals surface area contributed by atoms with Gasteiger partial charge < -0.3 is 15.5 Å². The van der Waals surface area contributed by atoms with E-state index in [0.717, 1.165) is 10.2 Å². The number of nitrogens with one attached hydrogen (secondary N) is 2. The summed E-state index contributed by atoms with van der Waals surface area (Å²) in [6.45, 7) is 1.79. The molecule has 1 fully saturated rings. The number of rotatable bonds is 4. The number of anilines is 3. The Kier molecular flexibility index (Phi) is 5.37. The molecule has 134 valence electrons. The second-order valence-electron chi connectivity index (χ2n) is 6.13. The molecular formula is C19H18BrN3O3. The molecule has 1 heterocycles. The normalized spacial score (nSPS) is 16.5. The summed E-state index contributed by atoms with van der Waals surface area (Å²) in [5, 5.41) is 5.50. The fraction of sp³-hybridized carbons (Fsp3) is 0.211. The van der Waals surface area contributed by atoms with E-state index in [4.69, 9.17) is 0 Å². The molecule has 6 nitrogen and oxygen atoms in total. The number of halogens is 1. The van der Waals surface area contributed by atoms with Gasteiger partial charge in [0.15, 0.2) is 0 Å². The van der Waals surface area contributed by atoms with Crippen LogP contribution in [0.4, 0.5) is 17.1 Å². The quantitative estimate of drug-likeness (QED) is 0.802. The maximum Gasteiger partial charge on any atom is 0.229 e. The Hall–Kier alpha value is -2.67. The molecule has 0 aromatic heterocycles. The number of carbonyl (C=O) groups excluding carboxylic acids is 3. The average Bonchev–Trinajstić information content (AvgIpc) is 2.98. The molecule has 2 aromatic carbocycles. The summed E-state index contributed by atoms with van der Waals surface area (Å²) in [4.78, 5) is 37.5. The van der Waals surface area contributed by atoms with E-state index in [1.54, 1.807) is 29.2 Å². The lowest BCUT2D eigenvalue weighted by molar-refractivity contribution is -0.122. The van der Waals surface area contributed by atoms with E-state index < -0.39 is 5.92 Å². The molecule has 1 aliphatic heterocycles. The van der Waals surface area contributed by atoms with Gasteiger partial charge in [0.2, 0.25) is 17.7 Å². The summed E-state index contributed by atoms with van der Waals surface area (Å²) in [5.41, 5.74) is 2.06. The zero-order valence-electron chi connectivity index (χ0n) is 14.2. The van der Waals surface area contributed by atoms with Crippen LogP contribution in [0.3, 0.4) is 0 Å². The van der Waals surface area contributed by atoms with Crippen molar-refractivity contribution in [3.8, 4) is 0 Å². The number of nitrogens with zero attached hydrogens (tertiary/aromatic N) is 1. The van der Waals surface area contributed by atoms with Gasteiger partial charge in [-0.25, -0.2) is 0 Å². The minimum Gasteiger partial charge on any atom is -0.326 e. The Morgan fingerprint density at radius 2 is 1.73 bits per heavy atom. The van der Waals surface area contributed by atoms with E-state index in [2.05, 4.69) is 26.6 Å². The van der Waals surface area contributed by atoms with Crippen LogP contribution in [-0.2, 0) is 14.4 Å². The Morgan fingerprint density at radius 3 is 2.35 bits per heavy atom. The first-order valence-corrected chi connectivity index (χ1v) is 8.96. The number of hydrogen-bond acceptors (Lipinski definition) is 3. The fourth-order valence-electron chi connectivity index (χ4n) is 2.86. The first-order valence-electron chi connectivity index (χ1n) is 8.17. The van der Waals surface area contributed by atoms with Crippen LogP contribution in [0.5, 0.6) is 0 Å². The maximum absolute atomic E-state index is 12.5. The first kappa shape index (κ1) is 18.1. The highest BCUT2D eigenvalue weighted by Crippen LogP contribution is 2.28. The maximum atomic E-state index is 12.5. The summed E-state index contributed by atoms with van der Waals surface area (Å²) in [6.07, 6.45) is 0.183. The van der Waals surface area contributed by atoms with Gasteiger partial charge in [-0.1, -0.05) is 22.0 Å². The monoisotopic (exact) mass is 415 g/mol. The minimum atomic E-state index is -0.406. The molecule has 2 N–H and O–H groups in total. The summed E-state index contributed by atoms with van der Waals surface area (Å²) < 4.78 is 0.884. The van der Waals surface area contributed by atoms with Crippen LogP contribution in [0.15, 0.2) is 53.0 Å². The summed E-state index contributed by atoms with van der Waals surface area (Å²) >= 11 is 3.39. The van der Waals surface area contributed by atoms with E-state index in [1.807, 2.05) is 24.3 Å². The number of benzene rings is 2. The van der Waals surface area contributed by atoms with Crippen molar-refractivity contribution >= 4 is 50.7 Å². The van der Waals surface area contributed by atoms with E-state index in [9.17, 15) is 14.4 Å². The molecule has 1 atom stereocenters. The van der Waals surface area contributed by atoms with E-state index in [0.29, 0.717) is 17.9 Å². The molecular weight excluding hydrogens is 398 g/mol. The third kappa shape index (κ3) is 4.29. The van der Waals surface area contributed by atoms with E-state index >= 15 is 0 Å². The largest absolute Gasteiger partial charge is 0.326 e. The van der Waals surface area contributed by atoms with E-state index in [-0.39, 0.29) is 24.1 Å². The molecule has 3 amide bonds. The van der Waals surface area contributed by atoms with Gasteiger partial charge in [0.1, 0.15) is 0 Å². The van der Waals surface area contributed by atoms with Crippen molar-refractivity contribution in [2.24, 2.45) is 5.92 Å². The van der Waals surface area contributed by atoms with Gasteiger partial charge in [-0.3, -0.25) is 14.4 Å². The smallest absolute Gasteiger partial charge is 0.229 e. The lowest BCUT2D eigenvalue weighted by Crippen LogP contribution is -2.28. The third-order valence-electron chi connectivity index (χ3n) is 4.09. The summed E-state index contributed by atoms with van der Waals surface area (Å²) in [6, 6.07) is 14.3.